The van der Waals surface area contributed by atoms with Crippen LogP contribution in [0.5, 0.6) is 0 Å². The van der Waals surface area contributed by atoms with Gasteiger partial charge in [-0.3, -0.25) is 4.79 Å². The van der Waals surface area contributed by atoms with Gasteiger partial charge in [-0.25, -0.2) is 0 Å². The Bertz CT molecular complexity index is 758. The van der Waals surface area contributed by atoms with E-state index >= 15 is 0 Å². The van der Waals surface area contributed by atoms with E-state index in [-0.39, 0.29) is 18.9 Å². The molecule has 0 aromatic heterocycles. The Morgan fingerprint density at radius 3 is 1.51 bits per heavy atom. The Kier molecular flexibility index (Phi) is 29.0. The van der Waals surface area contributed by atoms with Gasteiger partial charge in [-0.2, -0.15) is 0 Å². The van der Waals surface area contributed by atoms with Crippen LogP contribution in [0.25, 0.3) is 0 Å². The number of amides is 1. The molecule has 8 atom stereocenters. The minimum atomic E-state index is -1.60. The van der Waals surface area contributed by atoms with Crippen molar-refractivity contribution in [2.24, 2.45) is 0 Å². The zero-order valence-corrected chi connectivity index (χ0v) is 31.3. The van der Waals surface area contributed by atoms with Gasteiger partial charge in [0.25, 0.3) is 0 Å². The van der Waals surface area contributed by atoms with Gasteiger partial charge in [-0.15, -0.1) is 0 Å². The second kappa shape index (κ2) is 30.7. The summed E-state index contributed by atoms with van der Waals surface area (Å²) >= 11 is 0. The van der Waals surface area contributed by atoms with Gasteiger partial charge in [0, 0.05) is 6.42 Å². The lowest BCUT2D eigenvalue weighted by atomic mass is 9.99. The summed E-state index contributed by atoms with van der Waals surface area (Å²) in [4.78, 5) is 12.8. The fourth-order valence-electron chi connectivity index (χ4n) is 6.67. The molecule has 0 saturated carbocycles. The van der Waals surface area contributed by atoms with Gasteiger partial charge in [-0.05, 0) is 12.8 Å². The number of carbonyl (C=O) groups excluding carboxylic acids is 1. The minimum Gasteiger partial charge on any atom is -0.394 e. The number of hydrogen-bond acceptors (Lipinski definition) is 9. The highest BCUT2D eigenvalue weighted by Crippen LogP contribution is 2.23. The zero-order chi connectivity index (χ0) is 36.1. The SMILES string of the molecule is CCCCCCCCCCCCCCCCCCCCCCCC(=O)NC(CO[C@H]1O[C@H](CO)[C@H](O)[C@H](O)[C@H]1O)C(O)C(O)CCCCC. The number of nitrogens with one attached hydrogen (secondary N) is 1. The average molecular weight is 704 g/mol. The van der Waals surface area contributed by atoms with Crippen molar-refractivity contribution >= 4 is 5.91 Å². The summed E-state index contributed by atoms with van der Waals surface area (Å²) in [6, 6.07) is -0.980. The van der Waals surface area contributed by atoms with E-state index in [0.29, 0.717) is 6.42 Å². The molecular formula is C39H77NO9. The molecule has 0 aliphatic carbocycles. The maximum absolute atomic E-state index is 12.8. The quantitative estimate of drug-likeness (QED) is 0.0394. The number of aliphatic hydroxyl groups excluding tert-OH is 6. The van der Waals surface area contributed by atoms with Crippen molar-refractivity contribution in [3.8, 4) is 0 Å². The zero-order valence-electron chi connectivity index (χ0n) is 31.3. The van der Waals surface area contributed by atoms with Gasteiger partial charge < -0.3 is 45.4 Å². The van der Waals surface area contributed by atoms with E-state index < -0.39 is 55.6 Å². The third-order valence-corrected chi connectivity index (χ3v) is 10.1. The van der Waals surface area contributed by atoms with Crippen molar-refractivity contribution in [3.63, 3.8) is 0 Å². The lowest BCUT2D eigenvalue weighted by molar-refractivity contribution is -0.303. The monoisotopic (exact) mass is 704 g/mol. The first kappa shape index (κ1) is 46.2. The molecule has 1 rings (SSSR count). The standard InChI is InChI=1S/C39H77NO9/c1-3-5-7-8-9-10-11-12-13-14-15-16-17-18-19-20-21-22-23-24-26-28-34(43)40-31(35(44)32(42)27-25-6-4-2)30-48-39-38(47)37(46)36(45)33(29-41)49-39/h31-33,35-39,41-42,44-47H,3-30H2,1-2H3,(H,40,43)/t31?,32?,33-,35?,36+,37+,38-,39+/m1/s1. The van der Waals surface area contributed by atoms with Gasteiger partial charge in [0.15, 0.2) is 6.29 Å². The molecule has 0 radical (unpaired) electrons. The molecule has 0 bridgehead atoms. The van der Waals surface area contributed by atoms with Crippen molar-refractivity contribution in [1.82, 2.24) is 5.32 Å². The third kappa shape index (κ3) is 22.0. The lowest BCUT2D eigenvalue weighted by Gasteiger charge is -2.40. The Hall–Kier alpha value is -0.850. The Morgan fingerprint density at radius 2 is 1.06 bits per heavy atom. The summed E-state index contributed by atoms with van der Waals surface area (Å²) in [6.07, 6.45) is 20.8. The van der Waals surface area contributed by atoms with Gasteiger partial charge in [0.2, 0.25) is 5.91 Å². The van der Waals surface area contributed by atoms with Crippen LogP contribution in [0.3, 0.4) is 0 Å². The van der Waals surface area contributed by atoms with Crippen molar-refractivity contribution in [2.45, 2.75) is 230 Å². The summed E-state index contributed by atoms with van der Waals surface area (Å²) in [7, 11) is 0. The van der Waals surface area contributed by atoms with Gasteiger partial charge in [-0.1, -0.05) is 162 Å². The van der Waals surface area contributed by atoms with E-state index in [1.165, 1.54) is 116 Å². The van der Waals surface area contributed by atoms with Gasteiger partial charge in [0.1, 0.15) is 30.5 Å². The largest absolute Gasteiger partial charge is 0.394 e. The predicted molar refractivity (Wildman–Crippen MR) is 195 cm³/mol. The van der Waals surface area contributed by atoms with Crippen LogP contribution in [0.2, 0.25) is 0 Å². The summed E-state index contributed by atoms with van der Waals surface area (Å²) in [5.74, 6) is -0.264. The highest BCUT2D eigenvalue weighted by Gasteiger charge is 2.44. The summed E-state index contributed by atoms with van der Waals surface area (Å²) in [5, 5.41) is 64.1. The molecule has 1 saturated heterocycles. The third-order valence-electron chi connectivity index (χ3n) is 10.1. The number of carbonyl (C=O) groups is 1. The number of hydrogen-bond donors (Lipinski definition) is 7. The first-order chi connectivity index (χ1) is 23.8. The summed E-state index contributed by atoms with van der Waals surface area (Å²) in [5.41, 5.74) is 0. The molecule has 0 aromatic carbocycles. The summed E-state index contributed by atoms with van der Waals surface area (Å²) in [6.45, 7) is 3.42. The topological polar surface area (TPSA) is 169 Å². The average Bonchev–Trinajstić information content (AvgIpc) is 3.10. The van der Waals surface area contributed by atoms with E-state index in [1.807, 2.05) is 6.92 Å². The second-order valence-electron chi connectivity index (χ2n) is 14.6. The number of rotatable bonds is 33. The van der Waals surface area contributed by atoms with Crippen LogP contribution in [0.4, 0.5) is 0 Å². The molecule has 1 heterocycles. The normalized spacial score (nSPS) is 23.0. The molecule has 7 N–H and O–H groups in total. The smallest absolute Gasteiger partial charge is 0.220 e. The van der Waals surface area contributed by atoms with Crippen LogP contribution in [-0.4, -0.2) is 98.7 Å². The highest BCUT2D eigenvalue weighted by atomic mass is 16.7. The van der Waals surface area contributed by atoms with Crippen LogP contribution >= 0.6 is 0 Å². The van der Waals surface area contributed by atoms with Gasteiger partial charge >= 0.3 is 0 Å². The summed E-state index contributed by atoms with van der Waals surface area (Å²) < 4.78 is 11.0. The molecular weight excluding hydrogens is 626 g/mol. The van der Waals surface area contributed by atoms with Crippen molar-refractivity contribution in [3.05, 3.63) is 0 Å². The Labute approximate surface area is 298 Å². The maximum atomic E-state index is 12.8. The molecule has 3 unspecified atom stereocenters. The van der Waals surface area contributed by atoms with Crippen LogP contribution in [0, 0.1) is 0 Å². The lowest BCUT2D eigenvalue weighted by Crippen LogP contribution is -2.60. The molecule has 1 aliphatic heterocycles. The molecule has 49 heavy (non-hydrogen) atoms. The van der Waals surface area contributed by atoms with E-state index in [2.05, 4.69) is 12.2 Å². The highest BCUT2D eigenvalue weighted by molar-refractivity contribution is 5.76. The molecule has 10 nitrogen and oxygen atoms in total. The fraction of sp³-hybridized carbons (Fsp3) is 0.974. The number of unbranched alkanes of at least 4 members (excludes halogenated alkanes) is 22. The molecule has 10 heteroatoms. The fourth-order valence-corrected chi connectivity index (χ4v) is 6.67. The minimum absolute atomic E-state index is 0.264. The second-order valence-corrected chi connectivity index (χ2v) is 14.6. The Morgan fingerprint density at radius 1 is 0.633 bits per heavy atom. The number of ether oxygens (including phenoxy) is 2. The molecule has 1 amide bonds. The predicted octanol–water partition coefficient (Wildman–Crippen LogP) is 6.19. The van der Waals surface area contributed by atoms with Crippen LogP contribution in [0.15, 0.2) is 0 Å². The molecule has 292 valence electrons. The van der Waals surface area contributed by atoms with E-state index in [1.54, 1.807) is 0 Å². The molecule has 1 aliphatic rings. The first-order valence-corrected chi connectivity index (χ1v) is 20.3. The van der Waals surface area contributed by atoms with Crippen molar-refractivity contribution < 1.29 is 44.9 Å². The van der Waals surface area contributed by atoms with Crippen LogP contribution < -0.4 is 5.32 Å². The molecule has 0 aromatic rings. The van der Waals surface area contributed by atoms with Crippen molar-refractivity contribution in [1.29, 1.82) is 0 Å². The van der Waals surface area contributed by atoms with E-state index in [4.69, 9.17) is 9.47 Å². The maximum Gasteiger partial charge on any atom is 0.220 e. The molecule has 1 fully saturated rings. The van der Waals surface area contributed by atoms with Crippen molar-refractivity contribution in [2.75, 3.05) is 13.2 Å². The van der Waals surface area contributed by atoms with E-state index in [9.17, 15) is 35.4 Å². The Balaban J connectivity index is 2.21. The van der Waals surface area contributed by atoms with Crippen LogP contribution in [-0.2, 0) is 14.3 Å². The first-order valence-electron chi connectivity index (χ1n) is 20.3. The number of aliphatic hydroxyl groups is 6. The molecule has 0 spiro atoms. The van der Waals surface area contributed by atoms with Crippen LogP contribution in [0.1, 0.15) is 181 Å². The van der Waals surface area contributed by atoms with E-state index in [0.717, 1.165) is 38.5 Å². The van der Waals surface area contributed by atoms with Gasteiger partial charge in [0.05, 0.1) is 25.4 Å².